The average Bonchev–Trinajstić information content (AvgIpc) is 2.77. The van der Waals surface area contributed by atoms with E-state index in [-0.39, 0.29) is 5.92 Å². The molecule has 0 aliphatic carbocycles. The minimum atomic E-state index is -3.52. The predicted octanol–water partition coefficient (Wildman–Crippen LogP) is 2.43. The first-order valence-corrected chi connectivity index (χ1v) is 8.43. The lowest BCUT2D eigenvalue weighted by Crippen LogP contribution is -2.35. The summed E-state index contributed by atoms with van der Waals surface area (Å²) in [4.78, 5) is 0.290. The zero-order chi connectivity index (χ0) is 15.1. The van der Waals surface area contributed by atoms with E-state index in [1.54, 1.807) is 39.0 Å². The van der Waals surface area contributed by atoms with Crippen molar-refractivity contribution >= 4 is 21.6 Å². The summed E-state index contributed by atoms with van der Waals surface area (Å²) in [6, 6.07) is 4.79. The summed E-state index contributed by atoms with van der Waals surface area (Å²) in [5.74, 6) is -0.0371. The molecule has 0 aromatic heterocycles. The van der Waals surface area contributed by atoms with Crippen LogP contribution >= 0.6 is 11.6 Å². The van der Waals surface area contributed by atoms with E-state index < -0.39 is 15.6 Å². The van der Waals surface area contributed by atoms with E-state index in [1.165, 1.54) is 4.31 Å². The van der Waals surface area contributed by atoms with Crippen molar-refractivity contribution < 1.29 is 13.5 Å². The zero-order valence-corrected chi connectivity index (χ0v) is 13.5. The van der Waals surface area contributed by atoms with Gasteiger partial charge < -0.3 is 5.11 Å². The molecule has 1 aromatic carbocycles. The van der Waals surface area contributed by atoms with Gasteiger partial charge in [0.15, 0.2) is 0 Å². The van der Waals surface area contributed by atoms with Crippen LogP contribution in [-0.2, 0) is 10.0 Å². The molecular weight excluding hydrogens is 298 g/mol. The summed E-state index contributed by atoms with van der Waals surface area (Å²) in [5.41, 5.74) is -0.219. The molecule has 1 fully saturated rings. The van der Waals surface area contributed by atoms with Crippen LogP contribution in [-0.4, -0.2) is 36.5 Å². The molecule has 1 atom stereocenters. The SMILES string of the molecule is Cc1cc(Cl)ccc1S(=O)(=O)N1CCC(C(C)(C)O)C1. The van der Waals surface area contributed by atoms with E-state index in [0.717, 1.165) is 0 Å². The normalized spacial score (nSPS) is 21.4. The van der Waals surface area contributed by atoms with E-state index in [1.807, 2.05) is 0 Å². The first kappa shape index (κ1) is 15.8. The van der Waals surface area contributed by atoms with Crippen LogP contribution in [0.2, 0.25) is 5.02 Å². The third-order valence-electron chi connectivity index (χ3n) is 3.90. The third kappa shape index (κ3) is 3.01. The molecule has 1 unspecified atom stereocenters. The standard InChI is InChI=1S/C14H20ClNO3S/c1-10-8-12(15)4-5-13(10)20(18,19)16-7-6-11(9-16)14(2,3)17/h4-5,8,11,17H,6-7,9H2,1-3H3. The van der Waals surface area contributed by atoms with Gasteiger partial charge in [-0.1, -0.05) is 11.6 Å². The molecule has 2 rings (SSSR count). The molecule has 0 saturated carbocycles. The Hall–Kier alpha value is -0.620. The Kier molecular flexibility index (Phi) is 4.17. The number of rotatable bonds is 3. The average molecular weight is 318 g/mol. The first-order valence-electron chi connectivity index (χ1n) is 6.61. The molecule has 20 heavy (non-hydrogen) atoms. The lowest BCUT2D eigenvalue weighted by Gasteiger charge is -2.25. The molecule has 1 saturated heterocycles. The second kappa shape index (κ2) is 5.30. The molecule has 1 aliphatic heterocycles. The van der Waals surface area contributed by atoms with E-state index in [0.29, 0.717) is 35.0 Å². The lowest BCUT2D eigenvalue weighted by molar-refractivity contribution is 0.0236. The molecule has 1 aliphatic rings. The van der Waals surface area contributed by atoms with Crippen LogP contribution < -0.4 is 0 Å². The number of benzene rings is 1. The van der Waals surface area contributed by atoms with Crippen molar-refractivity contribution in [1.82, 2.24) is 4.31 Å². The second-order valence-corrected chi connectivity index (χ2v) is 8.25. The Morgan fingerprint density at radius 3 is 2.55 bits per heavy atom. The third-order valence-corrected chi connectivity index (χ3v) is 6.17. The highest BCUT2D eigenvalue weighted by atomic mass is 35.5. The fourth-order valence-corrected chi connectivity index (χ4v) is 4.50. The van der Waals surface area contributed by atoms with Gasteiger partial charge in [0.25, 0.3) is 0 Å². The van der Waals surface area contributed by atoms with Gasteiger partial charge in [-0.15, -0.1) is 0 Å². The maximum Gasteiger partial charge on any atom is 0.243 e. The van der Waals surface area contributed by atoms with Gasteiger partial charge in [-0.2, -0.15) is 4.31 Å². The first-order chi connectivity index (χ1) is 9.12. The van der Waals surface area contributed by atoms with Crippen molar-refractivity contribution in [3.05, 3.63) is 28.8 Å². The van der Waals surface area contributed by atoms with Gasteiger partial charge in [-0.3, -0.25) is 0 Å². The summed E-state index contributed by atoms with van der Waals surface area (Å²) < 4.78 is 26.7. The van der Waals surface area contributed by atoms with Crippen molar-refractivity contribution in [1.29, 1.82) is 0 Å². The molecule has 6 heteroatoms. The smallest absolute Gasteiger partial charge is 0.243 e. The van der Waals surface area contributed by atoms with E-state index >= 15 is 0 Å². The Labute approximate surface area is 125 Å². The quantitative estimate of drug-likeness (QED) is 0.931. The van der Waals surface area contributed by atoms with Crippen LogP contribution in [0, 0.1) is 12.8 Å². The van der Waals surface area contributed by atoms with Crippen molar-refractivity contribution in [2.24, 2.45) is 5.92 Å². The summed E-state index contributed by atoms with van der Waals surface area (Å²) in [7, 11) is -3.52. The topological polar surface area (TPSA) is 57.6 Å². The van der Waals surface area contributed by atoms with Crippen LogP contribution in [0.15, 0.2) is 23.1 Å². The molecule has 0 radical (unpaired) electrons. The summed E-state index contributed by atoms with van der Waals surface area (Å²) >= 11 is 5.87. The van der Waals surface area contributed by atoms with Gasteiger partial charge in [-0.25, -0.2) is 8.42 Å². The van der Waals surface area contributed by atoms with E-state index in [2.05, 4.69) is 0 Å². The summed E-state index contributed by atoms with van der Waals surface area (Å²) in [6.07, 6.45) is 0.676. The fraction of sp³-hybridized carbons (Fsp3) is 0.571. The summed E-state index contributed by atoms with van der Waals surface area (Å²) in [5, 5.41) is 10.5. The number of halogens is 1. The van der Waals surface area contributed by atoms with Crippen LogP contribution in [0.4, 0.5) is 0 Å². The second-order valence-electron chi connectivity index (χ2n) is 5.91. The largest absolute Gasteiger partial charge is 0.390 e. The van der Waals surface area contributed by atoms with E-state index in [4.69, 9.17) is 11.6 Å². The number of sulfonamides is 1. The molecule has 4 nitrogen and oxygen atoms in total. The molecule has 0 bridgehead atoms. The zero-order valence-electron chi connectivity index (χ0n) is 11.9. The summed E-state index contributed by atoms with van der Waals surface area (Å²) in [6.45, 7) is 5.98. The van der Waals surface area contributed by atoms with E-state index in [9.17, 15) is 13.5 Å². The lowest BCUT2D eigenvalue weighted by atomic mass is 9.91. The van der Waals surface area contributed by atoms with Crippen molar-refractivity contribution in [2.75, 3.05) is 13.1 Å². The number of aryl methyl sites for hydroxylation is 1. The van der Waals surface area contributed by atoms with Gasteiger partial charge in [0.05, 0.1) is 10.5 Å². The van der Waals surface area contributed by atoms with Gasteiger partial charge in [-0.05, 0) is 51.0 Å². The van der Waals surface area contributed by atoms with Crippen LogP contribution in [0.25, 0.3) is 0 Å². The predicted molar refractivity (Wildman–Crippen MR) is 79.4 cm³/mol. The Morgan fingerprint density at radius 2 is 2.05 bits per heavy atom. The maximum atomic E-state index is 12.6. The van der Waals surface area contributed by atoms with Gasteiger partial charge in [0.2, 0.25) is 10.0 Å². The van der Waals surface area contributed by atoms with Crippen LogP contribution in [0.5, 0.6) is 0 Å². The number of nitrogens with zero attached hydrogens (tertiary/aromatic N) is 1. The molecule has 1 heterocycles. The number of aliphatic hydroxyl groups is 1. The van der Waals surface area contributed by atoms with Gasteiger partial charge >= 0.3 is 0 Å². The van der Waals surface area contributed by atoms with Crippen LogP contribution in [0.1, 0.15) is 25.8 Å². The molecule has 112 valence electrons. The fourth-order valence-electron chi connectivity index (χ4n) is 2.56. The maximum absolute atomic E-state index is 12.6. The van der Waals surface area contributed by atoms with Crippen molar-refractivity contribution in [3.8, 4) is 0 Å². The highest BCUT2D eigenvalue weighted by Crippen LogP contribution is 2.32. The minimum Gasteiger partial charge on any atom is -0.390 e. The van der Waals surface area contributed by atoms with Gasteiger partial charge in [0, 0.05) is 24.0 Å². The highest BCUT2D eigenvalue weighted by molar-refractivity contribution is 7.89. The molecular formula is C14H20ClNO3S. The van der Waals surface area contributed by atoms with Crippen LogP contribution in [0.3, 0.4) is 0 Å². The number of hydrogen-bond acceptors (Lipinski definition) is 3. The highest BCUT2D eigenvalue weighted by Gasteiger charge is 2.39. The van der Waals surface area contributed by atoms with Crippen molar-refractivity contribution in [2.45, 2.75) is 37.7 Å². The molecule has 0 spiro atoms. The Morgan fingerprint density at radius 1 is 1.40 bits per heavy atom. The van der Waals surface area contributed by atoms with Crippen molar-refractivity contribution in [3.63, 3.8) is 0 Å². The minimum absolute atomic E-state index is 0.0371. The Bertz CT molecular complexity index is 607. The molecule has 1 N–H and O–H groups in total. The Balaban J connectivity index is 2.28. The monoisotopic (exact) mass is 317 g/mol. The van der Waals surface area contributed by atoms with Gasteiger partial charge in [0.1, 0.15) is 0 Å². The number of hydrogen-bond donors (Lipinski definition) is 1. The molecule has 1 aromatic rings. The molecule has 0 amide bonds.